The van der Waals surface area contributed by atoms with Crippen LogP contribution in [0.4, 0.5) is 8.78 Å². The van der Waals surface area contributed by atoms with Gasteiger partial charge in [0.25, 0.3) is 6.43 Å². The Morgan fingerprint density at radius 2 is 2.31 bits per heavy atom. The lowest BCUT2D eigenvalue weighted by Gasteiger charge is -2.08. The fourth-order valence-corrected chi connectivity index (χ4v) is 1.52. The summed E-state index contributed by atoms with van der Waals surface area (Å²) in [6, 6.07) is 0.914. The van der Waals surface area contributed by atoms with E-state index in [1.54, 1.807) is 22.6 Å². The van der Waals surface area contributed by atoms with Crippen LogP contribution in [0.15, 0.2) is 6.07 Å². The second-order valence-electron chi connectivity index (χ2n) is 2.89. The number of carbonyl (C=O) groups is 1. The monoisotopic (exact) mass is 343 g/mol. The molecule has 0 unspecified atom stereocenters. The van der Waals surface area contributed by atoms with Crippen LogP contribution in [0.2, 0.25) is 0 Å². The molecule has 0 radical (unpaired) electrons. The van der Waals surface area contributed by atoms with Gasteiger partial charge < -0.3 is 9.84 Å². The molecule has 1 aromatic rings. The van der Waals surface area contributed by atoms with Crippen molar-refractivity contribution in [3.63, 3.8) is 0 Å². The fraction of sp³-hybridized carbons (Fsp3) is 0.333. The van der Waals surface area contributed by atoms with Crippen molar-refractivity contribution in [1.82, 2.24) is 4.98 Å². The van der Waals surface area contributed by atoms with E-state index in [4.69, 9.17) is 0 Å². The molecule has 1 rings (SSSR count). The van der Waals surface area contributed by atoms with Crippen molar-refractivity contribution < 1.29 is 23.4 Å². The standard InChI is InChI=1S/C9H8F2INO3/c1-16-7(15)3-5-4(8(10)11)2-6(14)9(12)13-5/h2,8,14H,3H2,1H3. The molecular formula is C9H8F2INO3. The Morgan fingerprint density at radius 3 is 2.81 bits per heavy atom. The molecule has 7 heteroatoms. The molecule has 0 saturated heterocycles. The first-order valence-electron chi connectivity index (χ1n) is 4.19. The predicted molar refractivity (Wildman–Crippen MR) is 59.3 cm³/mol. The number of hydrogen-bond acceptors (Lipinski definition) is 4. The Bertz CT molecular complexity index is 412. The van der Waals surface area contributed by atoms with Crippen molar-refractivity contribution in [2.75, 3.05) is 7.11 Å². The molecule has 1 aromatic heterocycles. The van der Waals surface area contributed by atoms with Gasteiger partial charge in [-0.25, -0.2) is 13.8 Å². The zero-order chi connectivity index (χ0) is 12.3. The van der Waals surface area contributed by atoms with Gasteiger partial charge in [-0.1, -0.05) is 0 Å². The number of aromatic nitrogens is 1. The molecular weight excluding hydrogens is 335 g/mol. The number of methoxy groups -OCH3 is 1. The van der Waals surface area contributed by atoms with Crippen LogP contribution in [0, 0.1) is 3.70 Å². The first-order valence-corrected chi connectivity index (χ1v) is 5.26. The van der Waals surface area contributed by atoms with Gasteiger partial charge >= 0.3 is 5.97 Å². The molecule has 4 nitrogen and oxygen atoms in total. The lowest BCUT2D eigenvalue weighted by molar-refractivity contribution is -0.139. The molecule has 1 heterocycles. The predicted octanol–water partition coefficient (Wildman–Crippen LogP) is 2.04. The zero-order valence-corrected chi connectivity index (χ0v) is 10.4. The lowest BCUT2D eigenvalue weighted by atomic mass is 10.1. The van der Waals surface area contributed by atoms with Crippen LogP contribution in [0.1, 0.15) is 17.7 Å². The molecule has 0 fully saturated rings. The molecule has 16 heavy (non-hydrogen) atoms. The average molecular weight is 343 g/mol. The van der Waals surface area contributed by atoms with E-state index in [2.05, 4.69) is 9.72 Å². The Hall–Kier alpha value is -0.990. The topological polar surface area (TPSA) is 59.4 Å². The molecule has 0 aromatic carbocycles. The number of pyridine rings is 1. The molecule has 0 aliphatic carbocycles. The number of alkyl halides is 2. The number of esters is 1. The molecule has 0 saturated carbocycles. The summed E-state index contributed by atoms with van der Waals surface area (Å²) in [5.74, 6) is -0.986. The third-order valence-corrected chi connectivity index (χ3v) is 2.64. The van der Waals surface area contributed by atoms with Gasteiger partial charge in [-0.15, -0.1) is 0 Å². The summed E-state index contributed by atoms with van der Waals surface area (Å²) in [4.78, 5) is 14.7. The first-order chi connectivity index (χ1) is 7.45. The second-order valence-corrected chi connectivity index (χ2v) is 3.91. The van der Waals surface area contributed by atoms with Gasteiger partial charge in [0, 0.05) is 5.56 Å². The third-order valence-electron chi connectivity index (χ3n) is 1.84. The fourth-order valence-electron chi connectivity index (χ4n) is 1.07. The highest BCUT2D eigenvalue weighted by Crippen LogP contribution is 2.28. The van der Waals surface area contributed by atoms with Crippen molar-refractivity contribution in [3.05, 3.63) is 21.0 Å². The van der Waals surface area contributed by atoms with Crippen molar-refractivity contribution in [3.8, 4) is 5.75 Å². The van der Waals surface area contributed by atoms with E-state index in [1.807, 2.05) is 0 Å². The summed E-state index contributed by atoms with van der Waals surface area (Å²) >= 11 is 1.69. The van der Waals surface area contributed by atoms with Crippen LogP contribution >= 0.6 is 22.6 Å². The largest absolute Gasteiger partial charge is 0.505 e. The Balaban J connectivity index is 3.14. The summed E-state index contributed by atoms with van der Waals surface area (Å²) in [6.45, 7) is 0. The van der Waals surface area contributed by atoms with Gasteiger partial charge in [0.05, 0.1) is 19.2 Å². The van der Waals surface area contributed by atoms with E-state index in [9.17, 15) is 18.7 Å². The quantitative estimate of drug-likeness (QED) is 0.519. The number of ether oxygens (including phenoxy) is 1. The van der Waals surface area contributed by atoms with Crippen LogP contribution < -0.4 is 0 Å². The normalized spacial score (nSPS) is 10.6. The molecule has 0 aliphatic heterocycles. The van der Waals surface area contributed by atoms with Crippen LogP contribution in [0.25, 0.3) is 0 Å². The van der Waals surface area contributed by atoms with Gasteiger partial charge in [-0.05, 0) is 28.7 Å². The summed E-state index contributed by atoms with van der Waals surface area (Å²) < 4.78 is 29.7. The summed E-state index contributed by atoms with van der Waals surface area (Å²) in [5, 5.41) is 9.25. The van der Waals surface area contributed by atoms with Crippen molar-refractivity contribution in [2.24, 2.45) is 0 Å². The Labute approximate surface area is 104 Å². The maximum atomic E-state index is 12.6. The number of nitrogens with zero attached hydrogens (tertiary/aromatic N) is 1. The van der Waals surface area contributed by atoms with Gasteiger partial charge in [0.1, 0.15) is 9.45 Å². The van der Waals surface area contributed by atoms with Gasteiger partial charge in [-0.2, -0.15) is 0 Å². The summed E-state index contributed by atoms with van der Waals surface area (Å²) in [6.07, 6.45) is -3.14. The third kappa shape index (κ3) is 3.00. The Morgan fingerprint density at radius 1 is 1.69 bits per heavy atom. The number of hydrogen-bond donors (Lipinski definition) is 1. The van der Waals surface area contributed by atoms with E-state index in [0.29, 0.717) is 0 Å². The molecule has 0 atom stereocenters. The number of carbonyl (C=O) groups excluding carboxylic acids is 1. The maximum absolute atomic E-state index is 12.6. The summed E-state index contributed by atoms with van der Waals surface area (Å²) in [7, 11) is 1.16. The van der Waals surface area contributed by atoms with Crippen LogP contribution in [0.3, 0.4) is 0 Å². The molecule has 0 spiro atoms. The first kappa shape index (κ1) is 13.1. The van der Waals surface area contributed by atoms with E-state index in [0.717, 1.165) is 13.2 Å². The zero-order valence-electron chi connectivity index (χ0n) is 8.21. The molecule has 0 bridgehead atoms. The minimum Gasteiger partial charge on any atom is -0.505 e. The highest BCUT2D eigenvalue weighted by atomic mass is 127. The smallest absolute Gasteiger partial charge is 0.311 e. The molecule has 88 valence electrons. The second kappa shape index (κ2) is 5.37. The van der Waals surface area contributed by atoms with Crippen molar-refractivity contribution in [1.29, 1.82) is 0 Å². The van der Waals surface area contributed by atoms with Crippen molar-refractivity contribution in [2.45, 2.75) is 12.8 Å². The van der Waals surface area contributed by atoms with E-state index in [1.165, 1.54) is 0 Å². The molecule has 1 N–H and O–H groups in total. The highest BCUT2D eigenvalue weighted by molar-refractivity contribution is 14.1. The van der Waals surface area contributed by atoms with Gasteiger partial charge in [0.15, 0.2) is 0 Å². The molecule has 0 amide bonds. The van der Waals surface area contributed by atoms with Crippen LogP contribution in [0.5, 0.6) is 5.75 Å². The SMILES string of the molecule is COC(=O)Cc1nc(I)c(O)cc1C(F)F. The van der Waals surface area contributed by atoms with E-state index in [-0.39, 0.29) is 21.6 Å². The van der Waals surface area contributed by atoms with E-state index >= 15 is 0 Å². The van der Waals surface area contributed by atoms with Crippen LogP contribution in [-0.2, 0) is 16.0 Å². The van der Waals surface area contributed by atoms with Gasteiger partial charge in [-0.3, -0.25) is 4.79 Å². The van der Waals surface area contributed by atoms with Gasteiger partial charge in [0.2, 0.25) is 0 Å². The van der Waals surface area contributed by atoms with Crippen molar-refractivity contribution >= 4 is 28.6 Å². The maximum Gasteiger partial charge on any atom is 0.311 e. The molecule has 0 aliphatic rings. The number of halogens is 3. The lowest BCUT2D eigenvalue weighted by Crippen LogP contribution is -2.10. The highest BCUT2D eigenvalue weighted by Gasteiger charge is 2.19. The minimum absolute atomic E-state index is 0.0796. The van der Waals surface area contributed by atoms with Crippen LogP contribution in [-0.4, -0.2) is 23.2 Å². The summed E-state index contributed by atoms with van der Waals surface area (Å²) in [5.41, 5.74) is -0.535. The van der Waals surface area contributed by atoms with E-state index < -0.39 is 18.0 Å². The number of aromatic hydroxyl groups is 1. The number of rotatable bonds is 3. The average Bonchev–Trinajstić information content (AvgIpc) is 2.22. The Kier molecular flexibility index (Phi) is 4.39. The minimum atomic E-state index is -2.80.